The van der Waals surface area contributed by atoms with E-state index in [4.69, 9.17) is 5.11 Å². The van der Waals surface area contributed by atoms with E-state index >= 15 is 0 Å². The Morgan fingerprint density at radius 3 is 2.50 bits per heavy atom. The zero-order valence-electron chi connectivity index (χ0n) is 10.8. The number of nitrogens with zero attached hydrogens (tertiary/aromatic N) is 1. The van der Waals surface area contributed by atoms with Crippen LogP contribution < -0.4 is 10.6 Å². The van der Waals surface area contributed by atoms with Crippen molar-refractivity contribution < 1.29 is 14.7 Å². The summed E-state index contributed by atoms with van der Waals surface area (Å²) < 4.78 is 0. The summed E-state index contributed by atoms with van der Waals surface area (Å²) in [4.78, 5) is 26.9. The summed E-state index contributed by atoms with van der Waals surface area (Å²) in [6.45, 7) is 1.84. The Morgan fingerprint density at radius 1 is 1.10 bits per heavy atom. The molecule has 6 heteroatoms. The van der Waals surface area contributed by atoms with Gasteiger partial charge in [-0.25, -0.2) is 9.59 Å². The van der Waals surface area contributed by atoms with Crippen LogP contribution in [0, 0.1) is 6.92 Å². The summed E-state index contributed by atoms with van der Waals surface area (Å²) in [5, 5.41) is 14.1. The number of carboxylic acids is 1. The third-order valence-corrected chi connectivity index (χ3v) is 2.57. The van der Waals surface area contributed by atoms with Gasteiger partial charge >= 0.3 is 12.0 Å². The zero-order chi connectivity index (χ0) is 14.5. The monoisotopic (exact) mass is 271 g/mol. The number of nitrogens with one attached hydrogen (secondary N) is 2. The molecular formula is C14H13N3O3. The first-order valence-corrected chi connectivity index (χ1v) is 5.89. The molecule has 0 aliphatic rings. The third-order valence-electron chi connectivity index (χ3n) is 2.57. The SMILES string of the molecule is Cc1ccc(NC(=O)Nc2ccccc2C(=O)O)cn1. The molecule has 0 unspecified atom stereocenters. The number of aromatic nitrogens is 1. The van der Waals surface area contributed by atoms with Crippen molar-refractivity contribution in [1.82, 2.24) is 4.98 Å². The Kier molecular flexibility index (Phi) is 3.95. The normalized spacial score (nSPS) is 9.85. The summed E-state index contributed by atoms with van der Waals surface area (Å²) in [6.07, 6.45) is 1.53. The Labute approximate surface area is 115 Å². The van der Waals surface area contributed by atoms with Crippen LogP contribution in [0.5, 0.6) is 0 Å². The molecule has 0 saturated carbocycles. The maximum atomic E-state index is 11.8. The topological polar surface area (TPSA) is 91.3 Å². The molecule has 0 aliphatic carbocycles. The highest BCUT2D eigenvalue weighted by atomic mass is 16.4. The van der Waals surface area contributed by atoms with Crippen LogP contribution in [-0.2, 0) is 0 Å². The maximum Gasteiger partial charge on any atom is 0.337 e. The molecule has 3 N–H and O–H groups in total. The van der Waals surface area contributed by atoms with Crippen LogP contribution in [0.25, 0.3) is 0 Å². The second kappa shape index (κ2) is 5.83. The van der Waals surface area contributed by atoms with E-state index in [1.54, 1.807) is 24.3 Å². The van der Waals surface area contributed by atoms with E-state index in [1.165, 1.54) is 18.3 Å². The third kappa shape index (κ3) is 3.32. The van der Waals surface area contributed by atoms with Gasteiger partial charge in [0.15, 0.2) is 0 Å². The number of urea groups is 1. The van der Waals surface area contributed by atoms with E-state index in [-0.39, 0.29) is 11.3 Å². The number of carbonyl (C=O) groups excluding carboxylic acids is 1. The van der Waals surface area contributed by atoms with E-state index in [0.29, 0.717) is 5.69 Å². The number of carboxylic acid groups (broad SMARTS) is 1. The smallest absolute Gasteiger partial charge is 0.337 e. The molecule has 2 rings (SSSR count). The van der Waals surface area contributed by atoms with Crippen molar-refractivity contribution >= 4 is 23.4 Å². The van der Waals surface area contributed by atoms with Crippen LogP contribution in [-0.4, -0.2) is 22.1 Å². The van der Waals surface area contributed by atoms with E-state index < -0.39 is 12.0 Å². The standard InChI is InChI=1S/C14H13N3O3/c1-9-6-7-10(8-15-9)16-14(20)17-12-5-3-2-4-11(12)13(18)19/h2-8H,1H3,(H,18,19)(H2,16,17,20). The molecule has 0 fully saturated rings. The van der Waals surface area contributed by atoms with Crippen LogP contribution in [0.3, 0.4) is 0 Å². The van der Waals surface area contributed by atoms with Gasteiger partial charge in [-0.05, 0) is 31.2 Å². The molecule has 6 nitrogen and oxygen atoms in total. The second-order valence-corrected chi connectivity index (χ2v) is 4.12. The lowest BCUT2D eigenvalue weighted by Gasteiger charge is -2.09. The first kappa shape index (κ1) is 13.5. The summed E-state index contributed by atoms with van der Waals surface area (Å²) in [5.74, 6) is -1.10. The Hall–Kier alpha value is -2.89. The van der Waals surface area contributed by atoms with Crippen molar-refractivity contribution in [2.45, 2.75) is 6.92 Å². The van der Waals surface area contributed by atoms with Gasteiger partial charge in [0.05, 0.1) is 23.1 Å². The highest BCUT2D eigenvalue weighted by Gasteiger charge is 2.11. The Balaban J connectivity index is 2.08. The van der Waals surface area contributed by atoms with Gasteiger partial charge in [-0.15, -0.1) is 0 Å². The quantitative estimate of drug-likeness (QED) is 0.800. The molecule has 20 heavy (non-hydrogen) atoms. The number of para-hydroxylation sites is 1. The number of hydrogen-bond acceptors (Lipinski definition) is 3. The molecule has 1 aromatic heterocycles. The van der Waals surface area contributed by atoms with Gasteiger partial charge in [0, 0.05) is 5.69 Å². The van der Waals surface area contributed by atoms with E-state index in [2.05, 4.69) is 15.6 Å². The molecule has 0 spiro atoms. The molecule has 0 radical (unpaired) electrons. The van der Waals surface area contributed by atoms with Crippen molar-refractivity contribution in [3.63, 3.8) is 0 Å². The van der Waals surface area contributed by atoms with Gasteiger partial charge in [-0.2, -0.15) is 0 Å². The fourth-order valence-corrected chi connectivity index (χ4v) is 1.61. The maximum absolute atomic E-state index is 11.8. The first-order valence-electron chi connectivity index (χ1n) is 5.89. The molecule has 1 heterocycles. The Bertz CT molecular complexity index is 638. The minimum atomic E-state index is -1.10. The van der Waals surface area contributed by atoms with Crippen LogP contribution in [0.1, 0.15) is 16.1 Å². The number of benzene rings is 1. The zero-order valence-corrected chi connectivity index (χ0v) is 10.8. The van der Waals surface area contributed by atoms with Gasteiger partial charge in [0.25, 0.3) is 0 Å². The first-order chi connectivity index (χ1) is 9.56. The molecule has 1 aromatic carbocycles. The number of anilines is 2. The number of aromatic carboxylic acids is 1. The molecule has 0 atom stereocenters. The minimum absolute atomic E-state index is 0.0321. The number of hydrogen-bond donors (Lipinski definition) is 3. The lowest BCUT2D eigenvalue weighted by molar-refractivity contribution is 0.0698. The largest absolute Gasteiger partial charge is 0.478 e. The average Bonchev–Trinajstić information content (AvgIpc) is 2.41. The summed E-state index contributed by atoms with van der Waals surface area (Å²) in [5.41, 5.74) is 1.63. The van der Waals surface area contributed by atoms with E-state index in [9.17, 15) is 9.59 Å². The number of aryl methyl sites for hydroxylation is 1. The summed E-state index contributed by atoms with van der Waals surface area (Å²) >= 11 is 0. The summed E-state index contributed by atoms with van der Waals surface area (Å²) in [6, 6.07) is 9.14. The second-order valence-electron chi connectivity index (χ2n) is 4.12. The lowest BCUT2D eigenvalue weighted by atomic mass is 10.2. The van der Waals surface area contributed by atoms with Gasteiger partial charge in [-0.3, -0.25) is 4.98 Å². The van der Waals surface area contributed by atoms with Crippen LogP contribution in [0.15, 0.2) is 42.6 Å². The molecule has 0 aliphatic heterocycles. The molecule has 0 bridgehead atoms. The molecule has 2 amide bonds. The average molecular weight is 271 g/mol. The van der Waals surface area contributed by atoms with Crippen molar-refractivity contribution in [2.75, 3.05) is 10.6 Å². The summed E-state index contributed by atoms with van der Waals surface area (Å²) in [7, 11) is 0. The fourth-order valence-electron chi connectivity index (χ4n) is 1.61. The van der Waals surface area contributed by atoms with Gasteiger partial charge in [-0.1, -0.05) is 12.1 Å². The number of pyridine rings is 1. The van der Waals surface area contributed by atoms with Crippen LogP contribution in [0.4, 0.5) is 16.2 Å². The minimum Gasteiger partial charge on any atom is -0.478 e. The van der Waals surface area contributed by atoms with Crippen molar-refractivity contribution in [3.05, 3.63) is 53.9 Å². The Morgan fingerprint density at radius 2 is 1.85 bits per heavy atom. The highest BCUT2D eigenvalue weighted by Crippen LogP contribution is 2.15. The van der Waals surface area contributed by atoms with Crippen molar-refractivity contribution in [3.8, 4) is 0 Å². The predicted molar refractivity (Wildman–Crippen MR) is 75.0 cm³/mol. The number of carbonyl (C=O) groups is 2. The fraction of sp³-hybridized carbons (Fsp3) is 0.0714. The number of amides is 2. The van der Waals surface area contributed by atoms with Crippen LogP contribution >= 0.6 is 0 Å². The van der Waals surface area contributed by atoms with Crippen molar-refractivity contribution in [2.24, 2.45) is 0 Å². The molecule has 102 valence electrons. The molecule has 2 aromatic rings. The molecular weight excluding hydrogens is 258 g/mol. The van der Waals surface area contributed by atoms with E-state index in [0.717, 1.165) is 5.69 Å². The van der Waals surface area contributed by atoms with Gasteiger partial charge in [0.1, 0.15) is 0 Å². The van der Waals surface area contributed by atoms with Crippen LogP contribution in [0.2, 0.25) is 0 Å². The van der Waals surface area contributed by atoms with E-state index in [1.807, 2.05) is 6.92 Å². The lowest BCUT2D eigenvalue weighted by Crippen LogP contribution is -2.21. The van der Waals surface area contributed by atoms with Gasteiger partial charge < -0.3 is 15.7 Å². The van der Waals surface area contributed by atoms with Crippen molar-refractivity contribution in [1.29, 1.82) is 0 Å². The molecule has 0 saturated heterocycles. The number of rotatable bonds is 3. The predicted octanol–water partition coefficient (Wildman–Crippen LogP) is 2.73. The van der Waals surface area contributed by atoms with Gasteiger partial charge in [0.2, 0.25) is 0 Å². The highest BCUT2D eigenvalue weighted by molar-refractivity contribution is 6.04.